The lowest BCUT2D eigenvalue weighted by Crippen LogP contribution is -2.39. The van der Waals surface area contributed by atoms with Crippen molar-refractivity contribution in [2.24, 2.45) is 19.8 Å². The Morgan fingerprint density at radius 1 is 1.13 bits per heavy atom. The smallest absolute Gasteiger partial charge is 0.332 e. The van der Waals surface area contributed by atoms with Gasteiger partial charge in [0.2, 0.25) is 11.9 Å². The molecule has 0 atom stereocenters. The highest BCUT2D eigenvalue weighted by atomic mass is 35.5. The molecule has 0 aliphatic carbocycles. The fourth-order valence-electron chi connectivity index (χ4n) is 4.04. The lowest BCUT2D eigenvalue weighted by atomic mass is 10.2. The van der Waals surface area contributed by atoms with Gasteiger partial charge >= 0.3 is 5.69 Å². The number of rotatable bonds is 7. The average molecular weight is 553 g/mol. The molecule has 4 aromatic heterocycles. The number of nitrogens with two attached hydrogens (primary N) is 1. The Labute approximate surface area is 227 Å². The first kappa shape index (κ1) is 27.5. The molecule has 39 heavy (non-hydrogen) atoms. The van der Waals surface area contributed by atoms with Crippen LogP contribution < -0.4 is 27.6 Å². The SMILES string of the molecule is CC.Cn1c(Nc2ccnc(CNC(=O)CN)n2)nc2c1c(=O)n(Cc1cc3c(Cl)cccc3[nH]1)c(=O)n2C. The highest BCUT2D eigenvalue weighted by molar-refractivity contribution is 6.35. The molecule has 13 nitrogen and oxygen atoms in total. The molecular formula is C25H29ClN10O3. The number of aryl methyl sites for hydroxylation is 2. The van der Waals surface area contributed by atoms with Gasteiger partial charge in [-0.3, -0.25) is 18.7 Å². The van der Waals surface area contributed by atoms with Crippen LogP contribution in [0.3, 0.4) is 0 Å². The van der Waals surface area contributed by atoms with Gasteiger partial charge in [0.15, 0.2) is 11.2 Å². The molecule has 1 amide bonds. The number of carbonyl (C=O) groups excluding carboxylic acids is 1. The minimum absolute atomic E-state index is 0.0319. The van der Waals surface area contributed by atoms with E-state index in [0.29, 0.717) is 28.3 Å². The van der Waals surface area contributed by atoms with E-state index in [2.05, 4.69) is 30.6 Å². The summed E-state index contributed by atoms with van der Waals surface area (Å²) in [6.45, 7) is 4.00. The summed E-state index contributed by atoms with van der Waals surface area (Å²) in [4.78, 5) is 54.1. The minimum atomic E-state index is -0.508. The van der Waals surface area contributed by atoms with E-state index in [9.17, 15) is 14.4 Å². The number of fused-ring (bicyclic) bond motifs is 2. The second-order valence-corrected chi connectivity index (χ2v) is 8.77. The molecular weight excluding hydrogens is 524 g/mol. The van der Waals surface area contributed by atoms with Crippen LogP contribution in [0.1, 0.15) is 25.4 Å². The van der Waals surface area contributed by atoms with E-state index >= 15 is 0 Å². The predicted octanol–water partition coefficient (Wildman–Crippen LogP) is 1.75. The van der Waals surface area contributed by atoms with Gasteiger partial charge in [-0.25, -0.2) is 14.8 Å². The fourth-order valence-corrected chi connectivity index (χ4v) is 4.27. The molecule has 4 heterocycles. The number of nitrogens with one attached hydrogen (secondary N) is 3. The van der Waals surface area contributed by atoms with Crippen LogP contribution in [0.5, 0.6) is 0 Å². The van der Waals surface area contributed by atoms with Crippen LogP contribution in [0, 0.1) is 0 Å². The monoisotopic (exact) mass is 552 g/mol. The van der Waals surface area contributed by atoms with E-state index < -0.39 is 11.2 Å². The lowest BCUT2D eigenvalue weighted by molar-refractivity contribution is -0.119. The van der Waals surface area contributed by atoms with Crippen molar-refractivity contribution >= 4 is 51.3 Å². The number of amides is 1. The van der Waals surface area contributed by atoms with Crippen LogP contribution in [0.25, 0.3) is 22.1 Å². The Morgan fingerprint density at radius 3 is 2.62 bits per heavy atom. The summed E-state index contributed by atoms with van der Waals surface area (Å²) in [6, 6.07) is 8.92. The van der Waals surface area contributed by atoms with E-state index in [4.69, 9.17) is 17.3 Å². The molecule has 0 saturated carbocycles. The van der Waals surface area contributed by atoms with Crippen molar-refractivity contribution in [3.63, 3.8) is 0 Å². The van der Waals surface area contributed by atoms with Gasteiger partial charge in [-0.2, -0.15) is 4.98 Å². The zero-order valence-electron chi connectivity index (χ0n) is 21.9. The Kier molecular flexibility index (Phi) is 8.12. The molecule has 14 heteroatoms. The number of carbonyl (C=O) groups is 1. The summed E-state index contributed by atoms with van der Waals surface area (Å²) in [5, 5.41) is 7.04. The molecule has 0 radical (unpaired) electrons. The van der Waals surface area contributed by atoms with Gasteiger partial charge < -0.3 is 25.9 Å². The maximum absolute atomic E-state index is 13.5. The molecule has 0 saturated heterocycles. The number of halogens is 1. The number of hydrogen-bond acceptors (Lipinski definition) is 8. The number of benzene rings is 1. The van der Waals surface area contributed by atoms with Crippen LogP contribution in [0.15, 0.2) is 46.1 Å². The van der Waals surface area contributed by atoms with Crippen molar-refractivity contribution in [3.8, 4) is 0 Å². The first-order valence-electron chi connectivity index (χ1n) is 12.2. The molecule has 0 aliphatic heterocycles. The molecule has 1 aromatic carbocycles. The zero-order chi connectivity index (χ0) is 28.3. The zero-order valence-corrected chi connectivity index (χ0v) is 22.7. The lowest BCUT2D eigenvalue weighted by Gasteiger charge is -2.08. The number of hydrogen-bond donors (Lipinski definition) is 4. The Balaban J connectivity index is 0.00000172. The standard InChI is InChI=1S/C23H23ClN10O3.C2H6/c1-32-19-20(31-22(32)30-16-6-7-26-17(29-16)10-27-18(35)9-25)33(2)23(37)34(21(19)36)11-12-8-13-14(24)4-3-5-15(13)28-12;1-2/h3-8,28H,9-11,25H2,1-2H3,(H,27,35)(H,26,29,30,31);1-2H3. The number of aromatic nitrogens is 7. The van der Waals surface area contributed by atoms with E-state index in [-0.39, 0.29) is 36.7 Å². The summed E-state index contributed by atoms with van der Waals surface area (Å²) in [6.07, 6.45) is 1.53. The molecule has 0 spiro atoms. The first-order valence-corrected chi connectivity index (χ1v) is 12.6. The van der Waals surface area contributed by atoms with Crippen molar-refractivity contribution in [1.29, 1.82) is 0 Å². The first-order chi connectivity index (χ1) is 18.8. The number of anilines is 2. The Bertz CT molecular complexity index is 1780. The molecule has 0 aliphatic rings. The maximum Gasteiger partial charge on any atom is 0.332 e. The molecule has 0 bridgehead atoms. The third-order valence-corrected chi connectivity index (χ3v) is 6.26. The summed E-state index contributed by atoms with van der Waals surface area (Å²) in [5.41, 5.74) is 6.24. The summed E-state index contributed by atoms with van der Waals surface area (Å²) >= 11 is 6.27. The number of aromatic amines is 1. The van der Waals surface area contributed by atoms with Crippen molar-refractivity contribution in [2.75, 3.05) is 11.9 Å². The normalized spacial score (nSPS) is 10.9. The van der Waals surface area contributed by atoms with E-state index in [1.807, 2.05) is 32.0 Å². The van der Waals surface area contributed by atoms with Gasteiger partial charge in [0, 0.05) is 41.9 Å². The Hall–Kier alpha value is -4.49. The highest BCUT2D eigenvalue weighted by Gasteiger charge is 2.20. The Morgan fingerprint density at radius 2 is 1.90 bits per heavy atom. The van der Waals surface area contributed by atoms with E-state index in [0.717, 1.165) is 15.5 Å². The van der Waals surface area contributed by atoms with Crippen LogP contribution in [-0.4, -0.2) is 46.1 Å². The highest BCUT2D eigenvalue weighted by Crippen LogP contribution is 2.24. The third kappa shape index (κ3) is 5.40. The van der Waals surface area contributed by atoms with Crippen molar-refractivity contribution in [2.45, 2.75) is 26.9 Å². The molecule has 0 fully saturated rings. The van der Waals surface area contributed by atoms with Gasteiger partial charge in [0.05, 0.1) is 19.6 Å². The summed E-state index contributed by atoms with van der Waals surface area (Å²) in [7, 11) is 3.22. The number of H-pyrrole nitrogens is 1. The fraction of sp³-hybridized carbons (Fsp3) is 0.280. The molecule has 5 N–H and O–H groups in total. The third-order valence-electron chi connectivity index (χ3n) is 5.93. The van der Waals surface area contributed by atoms with E-state index in [1.54, 1.807) is 30.8 Å². The number of imidazole rings is 1. The van der Waals surface area contributed by atoms with Gasteiger partial charge in [0.25, 0.3) is 5.56 Å². The second-order valence-electron chi connectivity index (χ2n) is 8.36. The largest absolute Gasteiger partial charge is 0.357 e. The topological polar surface area (TPSA) is 171 Å². The van der Waals surface area contributed by atoms with Gasteiger partial charge in [-0.05, 0) is 24.3 Å². The van der Waals surface area contributed by atoms with Crippen LogP contribution in [-0.2, 0) is 32.0 Å². The summed E-state index contributed by atoms with van der Waals surface area (Å²) in [5.74, 6) is 0.724. The molecule has 5 rings (SSSR count). The van der Waals surface area contributed by atoms with Crippen LogP contribution in [0.2, 0.25) is 5.02 Å². The van der Waals surface area contributed by atoms with Crippen molar-refractivity contribution < 1.29 is 4.79 Å². The average Bonchev–Trinajstić information content (AvgIpc) is 3.51. The molecule has 204 valence electrons. The van der Waals surface area contributed by atoms with E-state index in [1.165, 1.54) is 10.8 Å². The van der Waals surface area contributed by atoms with Gasteiger partial charge in [0.1, 0.15) is 11.6 Å². The van der Waals surface area contributed by atoms with Gasteiger partial charge in [-0.15, -0.1) is 0 Å². The summed E-state index contributed by atoms with van der Waals surface area (Å²) < 4.78 is 4.04. The van der Waals surface area contributed by atoms with Crippen LogP contribution in [0.4, 0.5) is 11.8 Å². The van der Waals surface area contributed by atoms with Gasteiger partial charge in [-0.1, -0.05) is 31.5 Å². The van der Waals surface area contributed by atoms with Crippen LogP contribution >= 0.6 is 11.6 Å². The minimum Gasteiger partial charge on any atom is -0.357 e. The number of nitrogens with zero attached hydrogens (tertiary/aromatic N) is 6. The second kappa shape index (κ2) is 11.5. The maximum atomic E-state index is 13.5. The van der Waals surface area contributed by atoms with Crippen molar-refractivity contribution in [3.05, 3.63) is 73.9 Å². The molecule has 5 aromatic rings. The van der Waals surface area contributed by atoms with Crippen molar-refractivity contribution in [1.82, 2.24) is 39.0 Å². The molecule has 0 unspecified atom stereocenters. The quantitative estimate of drug-likeness (QED) is 0.236. The predicted molar refractivity (Wildman–Crippen MR) is 150 cm³/mol.